The Morgan fingerprint density at radius 3 is 3.00 bits per heavy atom. The Labute approximate surface area is 98.8 Å². The quantitative estimate of drug-likeness (QED) is 0.853. The van der Waals surface area contributed by atoms with Crippen LogP contribution in [-0.2, 0) is 7.05 Å². The number of fused-ring (bicyclic) bond motifs is 1. The van der Waals surface area contributed by atoms with Gasteiger partial charge in [0, 0.05) is 19.0 Å². The summed E-state index contributed by atoms with van der Waals surface area (Å²) in [7, 11) is 3.64. The van der Waals surface area contributed by atoms with E-state index in [1.807, 2.05) is 32.3 Å². The molecule has 0 fully saturated rings. The normalized spacial score (nSPS) is 13.2. The predicted molar refractivity (Wildman–Crippen MR) is 64.6 cm³/mol. The van der Waals surface area contributed by atoms with E-state index in [1.54, 1.807) is 4.68 Å². The molecule has 2 rings (SSSR count). The van der Waals surface area contributed by atoms with Gasteiger partial charge in [-0.05, 0) is 24.7 Å². The van der Waals surface area contributed by atoms with Gasteiger partial charge in [-0.2, -0.15) is 5.10 Å². The van der Waals surface area contributed by atoms with Crippen molar-refractivity contribution in [2.75, 3.05) is 13.6 Å². The number of likely N-dealkylation sites (N-methyl/N-ethyl adjacent to an activating group) is 1. The molecule has 1 aromatic heterocycles. The molecule has 0 spiro atoms. The highest BCUT2D eigenvalue weighted by atomic mass is 35.5. The molecule has 0 saturated heterocycles. The van der Waals surface area contributed by atoms with E-state index in [0.717, 1.165) is 16.5 Å². The highest BCUT2D eigenvalue weighted by Gasteiger charge is 2.11. The molecule has 1 heterocycles. The minimum atomic E-state index is -0.511. The monoisotopic (exact) mass is 239 g/mol. The van der Waals surface area contributed by atoms with Gasteiger partial charge in [-0.15, -0.1) is 0 Å². The Morgan fingerprint density at radius 2 is 2.31 bits per heavy atom. The second kappa shape index (κ2) is 4.41. The third kappa shape index (κ3) is 1.91. The maximum absolute atomic E-state index is 9.85. The van der Waals surface area contributed by atoms with Crippen LogP contribution in [0.2, 0.25) is 5.15 Å². The molecule has 0 bridgehead atoms. The molecular formula is C11H14ClN3O. The van der Waals surface area contributed by atoms with Crippen molar-refractivity contribution in [3.63, 3.8) is 0 Å². The Kier molecular flexibility index (Phi) is 3.14. The lowest BCUT2D eigenvalue weighted by atomic mass is 10.1. The fourth-order valence-electron chi connectivity index (χ4n) is 1.75. The van der Waals surface area contributed by atoms with Crippen LogP contribution in [0.4, 0.5) is 0 Å². The number of aromatic nitrogens is 2. The summed E-state index contributed by atoms with van der Waals surface area (Å²) in [6.45, 7) is 0.525. The number of aryl methyl sites for hydroxylation is 1. The van der Waals surface area contributed by atoms with Crippen molar-refractivity contribution in [2.24, 2.45) is 7.05 Å². The van der Waals surface area contributed by atoms with Crippen molar-refractivity contribution in [1.82, 2.24) is 15.1 Å². The first-order valence-corrected chi connectivity index (χ1v) is 5.46. The Hall–Kier alpha value is -1.10. The smallest absolute Gasteiger partial charge is 0.158 e. The molecule has 0 aliphatic carbocycles. The molecule has 0 radical (unpaired) electrons. The summed E-state index contributed by atoms with van der Waals surface area (Å²) in [6.07, 6.45) is -0.511. The lowest BCUT2D eigenvalue weighted by Crippen LogP contribution is -2.16. The number of halogens is 1. The molecule has 2 aromatic rings. The van der Waals surface area contributed by atoms with E-state index in [4.69, 9.17) is 11.6 Å². The molecule has 86 valence electrons. The zero-order valence-corrected chi connectivity index (χ0v) is 9.99. The summed E-state index contributed by atoms with van der Waals surface area (Å²) in [4.78, 5) is 0. The summed E-state index contributed by atoms with van der Waals surface area (Å²) in [5.41, 5.74) is 1.79. The van der Waals surface area contributed by atoms with E-state index in [-0.39, 0.29) is 0 Å². The van der Waals surface area contributed by atoms with Crippen LogP contribution in [0, 0.1) is 0 Å². The largest absolute Gasteiger partial charge is 0.387 e. The van der Waals surface area contributed by atoms with Gasteiger partial charge in [-0.3, -0.25) is 4.68 Å². The first-order valence-electron chi connectivity index (χ1n) is 5.08. The summed E-state index contributed by atoms with van der Waals surface area (Å²) in [5, 5.41) is 18.3. The first kappa shape index (κ1) is 11.4. The Bertz CT molecular complexity index is 509. The van der Waals surface area contributed by atoms with E-state index in [1.165, 1.54) is 0 Å². The molecule has 2 N–H and O–H groups in total. The molecule has 0 aliphatic heterocycles. The summed E-state index contributed by atoms with van der Waals surface area (Å²) < 4.78 is 1.72. The van der Waals surface area contributed by atoms with Crippen molar-refractivity contribution in [3.05, 3.63) is 28.9 Å². The van der Waals surface area contributed by atoms with Crippen LogP contribution in [0.5, 0.6) is 0 Å². The average Bonchev–Trinajstić information content (AvgIpc) is 2.55. The SMILES string of the molecule is CNCC(O)c1ccc2c(Cl)nn(C)c2c1. The zero-order chi connectivity index (χ0) is 11.7. The molecular weight excluding hydrogens is 226 g/mol. The molecule has 1 unspecified atom stereocenters. The van der Waals surface area contributed by atoms with Crippen LogP contribution < -0.4 is 5.32 Å². The van der Waals surface area contributed by atoms with Crippen molar-refractivity contribution < 1.29 is 5.11 Å². The first-order chi connectivity index (χ1) is 7.63. The number of aliphatic hydroxyl groups is 1. The number of hydrogen-bond donors (Lipinski definition) is 2. The van der Waals surface area contributed by atoms with Gasteiger partial charge in [0.25, 0.3) is 0 Å². The fourth-order valence-corrected chi connectivity index (χ4v) is 2.02. The van der Waals surface area contributed by atoms with Crippen molar-refractivity contribution >= 4 is 22.5 Å². The molecule has 4 nitrogen and oxygen atoms in total. The molecule has 16 heavy (non-hydrogen) atoms. The third-order valence-electron chi connectivity index (χ3n) is 2.61. The zero-order valence-electron chi connectivity index (χ0n) is 9.24. The van der Waals surface area contributed by atoms with Gasteiger partial charge in [0.15, 0.2) is 5.15 Å². The Morgan fingerprint density at radius 1 is 1.56 bits per heavy atom. The van der Waals surface area contributed by atoms with Crippen molar-refractivity contribution in [2.45, 2.75) is 6.10 Å². The van der Waals surface area contributed by atoms with Gasteiger partial charge in [-0.25, -0.2) is 0 Å². The van der Waals surface area contributed by atoms with E-state index in [9.17, 15) is 5.11 Å². The number of rotatable bonds is 3. The minimum absolute atomic E-state index is 0.493. The lowest BCUT2D eigenvalue weighted by Gasteiger charge is -2.10. The summed E-state index contributed by atoms with van der Waals surface area (Å²) in [5.74, 6) is 0. The molecule has 5 heteroatoms. The number of nitrogens with one attached hydrogen (secondary N) is 1. The van der Waals surface area contributed by atoms with Crippen LogP contribution in [0.25, 0.3) is 10.9 Å². The highest BCUT2D eigenvalue weighted by molar-refractivity contribution is 6.34. The van der Waals surface area contributed by atoms with Crippen LogP contribution in [0.15, 0.2) is 18.2 Å². The van der Waals surface area contributed by atoms with Gasteiger partial charge in [0.05, 0.1) is 11.6 Å². The van der Waals surface area contributed by atoms with E-state index < -0.39 is 6.10 Å². The summed E-state index contributed by atoms with van der Waals surface area (Å²) >= 11 is 5.96. The predicted octanol–water partition coefficient (Wildman–Crippen LogP) is 1.48. The standard InChI is InChI=1S/C11H14ClN3O/c1-13-6-10(16)7-3-4-8-9(5-7)15(2)14-11(8)12/h3-5,10,13,16H,6H2,1-2H3. The highest BCUT2D eigenvalue weighted by Crippen LogP contribution is 2.25. The maximum atomic E-state index is 9.85. The van der Waals surface area contributed by atoms with Crippen molar-refractivity contribution in [3.8, 4) is 0 Å². The number of aliphatic hydroxyl groups excluding tert-OH is 1. The van der Waals surface area contributed by atoms with E-state index >= 15 is 0 Å². The van der Waals surface area contributed by atoms with Gasteiger partial charge >= 0.3 is 0 Å². The number of hydrogen-bond acceptors (Lipinski definition) is 3. The van der Waals surface area contributed by atoms with Crippen LogP contribution in [-0.4, -0.2) is 28.5 Å². The molecule has 1 aromatic carbocycles. The second-order valence-electron chi connectivity index (χ2n) is 3.76. The molecule has 0 saturated carbocycles. The summed E-state index contributed by atoms with van der Waals surface area (Å²) in [6, 6.07) is 5.67. The van der Waals surface area contributed by atoms with Crippen molar-refractivity contribution in [1.29, 1.82) is 0 Å². The Balaban J connectivity index is 2.47. The van der Waals surface area contributed by atoms with Crippen LogP contribution in [0.1, 0.15) is 11.7 Å². The number of nitrogens with zero attached hydrogens (tertiary/aromatic N) is 2. The van der Waals surface area contributed by atoms with Gasteiger partial charge in [0.1, 0.15) is 0 Å². The third-order valence-corrected chi connectivity index (χ3v) is 2.89. The van der Waals surface area contributed by atoms with E-state index in [0.29, 0.717) is 11.7 Å². The molecule has 0 amide bonds. The molecule has 1 atom stereocenters. The molecule has 0 aliphatic rings. The fraction of sp³-hybridized carbons (Fsp3) is 0.364. The van der Waals surface area contributed by atoms with Gasteiger partial charge in [-0.1, -0.05) is 17.7 Å². The van der Waals surface area contributed by atoms with Gasteiger partial charge in [0.2, 0.25) is 0 Å². The van der Waals surface area contributed by atoms with Gasteiger partial charge < -0.3 is 10.4 Å². The number of benzene rings is 1. The lowest BCUT2D eigenvalue weighted by molar-refractivity contribution is 0.178. The minimum Gasteiger partial charge on any atom is -0.387 e. The second-order valence-corrected chi connectivity index (χ2v) is 4.12. The topological polar surface area (TPSA) is 50.1 Å². The van der Waals surface area contributed by atoms with E-state index in [2.05, 4.69) is 10.4 Å². The van der Waals surface area contributed by atoms with Crippen LogP contribution in [0.3, 0.4) is 0 Å². The van der Waals surface area contributed by atoms with Crippen LogP contribution >= 0.6 is 11.6 Å². The maximum Gasteiger partial charge on any atom is 0.158 e. The average molecular weight is 240 g/mol.